The topological polar surface area (TPSA) is 50.9 Å². The van der Waals surface area contributed by atoms with Crippen LogP contribution in [-0.2, 0) is 0 Å². The fourth-order valence-corrected chi connectivity index (χ4v) is 1.63. The highest BCUT2D eigenvalue weighted by molar-refractivity contribution is 5.31. The molecule has 0 fully saturated rings. The molecule has 0 aliphatic carbocycles. The van der Waals surface area contributed by atoms with Gasteiger partial charge in [0.25, 0.3) is 0 Å². The Morgan fingerprint density at radius 1 is 1.12 bits per heavy atom. The Bertz CT molecular complexity index is 459. The Balaban J connectivity index is 2.41. The summed E-state index contributed by atoms with van der Waals surface area (Å²) in [6.45, 7) is 0. The zero-order valence-electron chi connectivity index (χ0n) is 8.60. The molecule has 1 aromatic heterocycles. The van der Waals surface area contributed by atoms with E-state index in [2.05, 4.69) is 10.4 Å². The molecule has 0 aliphatic heterocycles. The molecule has 0 aliphatic rings. The molecule has 3 N–H and O–H groups in total. The number of benzene rings is 1. The van der Waals surface area contributed by atoms with Gasteiger partial charge in [0.2, 0.25) is 0 Å². The Labute approximate surface area is 93.1 Å². The molecule has 16 heavy (non-hydrogen) atoms. The molecule has 1 heterocycles. The minimum atomic E-state index is -0.357. The summed E-state index contributed by atoms with van der Waals surface area (Å²) >= 11 is 0. The number of rotatable bonds is 3. The Kier molecular flexibility index (Phi) is 3.24. The Morgan fingerprint density at radius 2 is 1.81 bits per heavy atom. The SMILES string of the molecule is NNC(c1ccncc1)c1ccccc1F. The summed E-state index contributed by atoms with van der Waals surface area (Å²) in [5.41, 5.74) is 4.01. The molecule has 0 amide bonds. The van der Waals surface area contributed by atoms with Crippen LogP contribution in [0.5, 0.6) is 0 Å². The van der Waals surface area contributed by atoms with E-state index in [1.54, 1.807) is 42.7 Å². The molecule has 0 radical (unpaired) electrons. The van der Waals surface area contributed by atoms with E-state index < -0.39 is 0 Å². The van der Waals surface area contributed by atoms with Crippen LogP contribution < -0.4 is 11.3 Å². The monoisotopic (exact) mass is 217 g/mol. The number of hydrazine groups is 1. The molecule has 1 atom stereocenters. The molecule has 1 unspecified atom stereocenters. The Hall–Kier alpha value is -1.78. The van der Waals surface area contributed by atoms with Crippen molar-refractivity contribution >= 4 is 0 Å². The molecule has 0 saturated heterocycles. The number of hydrogen-bond acceptors (Lipinski definition) is 3. The van der Waals surface area contributed by atoms with Gasteiger partial charge in [-0.3, -0.25) is 10.8 Å². The summed E-state index contributed by atoms with van der Waals surface area (Å²) in [6, 6.07) is 9.81. The first-order valence-corrected chi connectivity index (χ1v) is 4.93. The fraction of sp³-hybridized carbons (Fsp3) is 0.0833. The minimum absolute atomic E-state index is 0.276. The van der Waals surface area contributed by atoms with Gasteiger partial charge in [-0.2, -0.15) is 0 Å². The Morgan fingerprint density at radius 3 is 2.44 bits per heavy atom. The highest BCUT2D eigenvalue weighted by Gasteiger charge is 2.15. The van der Waals surface area contributed by atoms with Gasteiger partial charge in [0, 0.05) is 18.0 Å². The fourth-order valence-electron chi connectivity index (χ4n) is 1.63. The van der Waals surface area contributed by atoms with Crippen LogP contribution in [0.25, 0.3) is 0 Å². The van der Waals surface area contributed by atoms with Gasteiger partial charge in [-0.1, -0.05) is 18.2 Å². The third kappa shape index (κ3) is 2.08. The second kappa shape index (κ2) is 4.83. The number of aromatic nitrogens is 1. The van der Waals surface area contributed by atoms with E-state index in [0.29, 0.717) is 5.56 Å². The maximum absolute atomic E-state index is 13.6. The van der Waals surface area contributed by atoms with Crippen LogP contribution in [0.4, 0.5) is 4.39 Å². The zero-order chi connectivity index (χ0) is 11.4. The van der Waals surface area contributed by atoms with E-state index >= 15 is 0 Å². The van der Waals surface area contributed by atoms with Gasteiger partial charge in [-0.25, -0.2) is 9.82 Å². The predicted molar refractivity (Wildman–Crippen MR) is 59.8 cm³/mol. The van der Waals surface area contributed by atoms with Crippen molar-refractivity contribution in [1.82, 2.24) is 10.4 Å². The standard InChI is InChI=1S/C12H12FN3/c13-11-4-2-1-3-10(11)12(16-14)9-5-7-15-8-6-9/h1-8,12,16H,14H2. The number of pyridine rings is 1. The number of halogens is 1. The lowest BCUT2D eigenvalue weighted by Gasteiger charge is -2.17. The first-order chi connectivity index (χ1) is 7.83. The second-order valence-electron chi connectivity index (χ2n) is 3.40. The number of nitrogens with zero attached hydrogens (tertiary/aromatic N) is 1. The lowest BCUT2D eigenvalue weighted by Crippen LogP contribution is -2.29. The van der Waals surface area contributed by atoms with Crippen LogP contribution in [-0.4, -0.2) is 4.98 Å². The van der Waals surface area contributed by atoms with Crippen molar-refractivity contribution in [3.8, 4) is 0 Å². The molecule has 82 valence electrons. The van der Waals surface area contributed by atoms with Crippen molar-refractivity contribution in [2.75, 3.05) is 0 Å². The van der Waals surface area contributed by atoms with Gasteiger partial charge >= 0.3 is 0 Å². The molecule has 0 saturated carbocycles. The van der Waals surface area contributed by atoms with Crippen LogP contribution in [0, 0.1) is 5.82 Å². The maximum atomic E-state index is 13.6. The van der Waals surface area contributed by atoms with Gasteiger partial charge in [0.15, 0.2) is 0 Å². The normalized spacial score (nSPS) is 12.4. The van der Waals surface area contributed by atoms with Crippen molar-refractivity contribution in [1.29, 1.82) is 0 Å². The van der Waals surface area contributed by atoms with Crippen LogP contribution in [0.1, 0.15) is 17.2 Å². The summed E-state index contributed by atoms with van der Waals surface area (Å²) < 4.78 is 13.6. The van der Waals surface area contributed by atoms with Gasteiger partial charge in [0.1, 0.15) is 5.82 Å². The van der Waals surface area contributed by atoms with Crippen molar-refractivity contribution in [3.05, 3.63) is 65.7 Å². The summed E-state index contributed by atoms with van der Waals surface area (Å²) in [5.74, 6) is 5.19. The zero-order valence-corrected chi connectivity index (χ0v) is 8.60. The smallest absolute Gasteiger partial charge is 0.128 e. The van der Waals surface area contributed by atoms with E-state index in [4.69, 9.17) is 5.84 Å². The van der Waals surface area contributed by atoms with E-state index in [0.717, 1.165) is 5.56 Å². The summed E-state index contributed by atoms with van der Waals surface area (Å²) in [7, 11) is 0. The predicted octanol–water partition coefficient (Wildman–Crippen LogP) is 1.77. The average molecular weight is 217 g/mol. The number of nitrogens with two attached hydrogens (primary N) is 1. The van der Waals surface area contributed by atoms with Gasteiger partial charge in [0.05, 0.1) is 6.04 Å². The lowest BCUT2D eigenvalue weighted by molar-refractivity contribution is 0.560. The quantitative estimate of drug-likeness (QED) is 0.608. The van der Waals surface area contributed by atoms with Crippen molar-refractivity contribution in [3.63, 3.8) is 0 Å². The highest BCUT2D eigenvalue weighted by Crippen LogP contribution is 2.22. The summed E-state index contributed by atoms with van der Waals surface area (Å²) in [6.07, 6.45) is 3.31. The van der Waals surface area contributed by atoms with E-state index in [9.17, 15) is 4.39 Å². The lowest BCUT2D eigenvalue weighted by atomic mass is 10.00. The molecule has 2 aromatic rings. The second-order valence-corrected chi connectivity index (χ2v) is 3.40. The van der Waals surface area contributed by atoms with Crippen LogP contribution >= 0.6 is 0 Å². The van der Waals surface area contributed by atoms with E-state index in [1.165, 1.54) is 6.07 Å². The maximum Gasteiger partial charge on any atom is 0.128 e. The van der Waals surface area contributed by atoms with Crippen LogP contribution in [0.15, 0.2) is 48.8 Å². The molecule has 3 nitrogen and oxygen atoms in total. The first kappa shape index (κ1) is 10.7. The third-order valence-electron chi connectivity index (χ3n) is 2.42. The molecular weight excluding hydrogens is 205 g/mol. The van der Waals surface area contributed by atoms with E-state index in [1.807, 2.05) is 0 Å². The largest absolute Gasteiger partial charge is 0.271 e. The summed E-state index contributed by atoms with van der Waals surface area (Å²) in [4.78, 5) is 3.92. The van der Waals surface area contributed by atoms with Crippen LogP contribution in [0.3, 0.4) is 0 Å². The van der Waals surface area contributed by atoms with E-state index in [-0.39, 0.29) is 11.9 Å². The molecule has 0 spiro atoms. The van der Waals surface area contributed by atoms with Gasteiger partial charge in [-0.15, -0.1) is 0 Å². The minimum Gasteiger partial charge on any atom is -0.271 e. The molecule has 4 heteroatoms. The van der Waals surface area contributed by atoms with Gasteiger partial charge < -0.3 is 0 Å². The van der Waals surface area contributed by atoms with Crippen LogP contribution in [0.2, 0.25) is 0 Å². The first-order valence-electron chi connectivity index (χ1n) is 4.93. The third-order valence-corrected chi connectivity index (χ3v) is 2.42. The van der Waals surface area contributed by atoms with Crippen molar-refractivity contribution in [2.45, 2.75) is 6.04 Å². The molecular formula is C12H12FN3. The van der Waals surface area contributed by atoms with Crippen molar-refractivity contribution in [2.24, 2.45) is 5.84 Å². The average Bonchev–Trinajstić information content (AvgIpc) is 2.34. The van der Waals surface area contributed by atoms with Gasteiger partial charge in [-0.05, 0) is 23.8 Å². The van der Waals surface area contributed by atoms with Crippen molar-refractivity contribution < 1.29 is 4.39 Å². The molecule has 1 aromatic carbocycles. The number of hydrogen-bond donors (Lipinski definition) is 2. The summed E-state index contributed by atoms with van der Waals surface area (Å²) in [5, 5.41) is 0. The number of nitrogens with one attached hydrogen (secondary N) is 1. The highest BCUT2D eigenvalue weighted by atomic mass is 19.1. The molecule has 2 rings (SSSR count). The molecule has 0 bridgehead atoms.